The predicted octanol–water partition coefficient (Wildman–Crippen LogP) is 9.03. The third kappa shape index (κ3) is 11.3. The molecule has 360 valence electrons. The normalized spacial score (nSPS) is 30.6. The van der Waals surface area contributed by atoms with Crippen molar-refractivity contribution in [3.05, 3.63) is 98.6 Å². The maximum absolute atomic E-state index is 14.3. The molecule has 0 radical (unpaired) electrons. The number of esters is 4. The van der Waals surface area contributed by atoms with Crippen molar-refractivity contribution in [2.75, 3.05) is 19.8 Å². The van der Waals surface area contributed by atoms with E-state index < -0.39 is 46.6 Å². The van der Waals surface area contributed by atoms with Gasteiger partial charge in [0.1, 0.15) is 37.8 Å². The molecular weight excluding hydrogens is 847 g/mol. The molecule has 14 heteroatoms. The molecular formula is C52H69NO13. The van der Waals surface area contributed by atoms with E-state index in [9.17, 15) is 34.4 Å². The van der Waals surface area contributed by atoms with Crippen LogP contribution in [0.2, 0.25) is 0 Å². The number of hydrogen-bond acceptors (Lipinski definition) is 13. The predicted molar refractivity (Wildman–Crippen MR) is 244 cm³/mol. The van der Waals surface area contributed by atoms with Gasteiger partial charge in [0.2, 0.25) is 0 Å². The van der Waals surface area contributed by atoms with Crippen LogP contribution in [-0.2, 0) is 56.0 Å². The molecule has 4 saturated carbocycles. The lowest BCUT2D eigenvalue weighted by molar-refractivity contribution is -0.757. The van der Waals surface area contributed by atoms with Crippen molar-refractivity contribution in [1.82, 2.24) is 0 Å². The quantitative estimate of drug-likeness (QED) is 0.0268. The molecule has 6 rings (SSSR count). The van der Waals surface area contributed by atoms with Crippen molar-refractivity contribution in [2.24, 2.45) is 39.9 Å². The summed E-state index contributed by atoms with van der Waals surface area (Å²) >= 11 is 0. The van der Waals surface area contributed by atoms with E-state index in [-0.39, 0.29) is 79.9 Å². The Morgan fingerprint density at radius 3 is 2.23 bits per heavy atom. The Morgan fingerprint density at radius 2 is 1.55 bits per heavy atom. The molecule has 0 aliphatic heterocycles. The van der Waals surface area contributed by atoms with E-state index in [1.165, 1.54) is 6.92 Å². The second kappa shape index (κ2) is 21.6. The number of ether oxygens (including phenoxy) is 5. The number of carbonyl (C=O) groups is 4. The van der Waals surface area contributed by atoms with E-state index >= 15 is 0 Å². The first-order valence-corrected chi connectivity index (χ1v) is 23.6. The van der Waals surface area contributed by atoms with Crippen molar-refractivity contribution in [2.45, 2.75) is 144 Å². The van der Waals surface area contributed by atoms with E-state index in [0.717, 1.165) is 41.5 Å². The van der Waals surface area contributed by atoms with Gasteiger partial charge in [-0.2, -0.15) is 0 Å². The minimum absolute atomic E-state index is 0.0157. The molecule has 4 aliphatic carbocycles. The van der Waals surface area contributed by atoms with Crippen LogP contribution in [0.4, 0.5) is 0 Å². The highest BCUT2D eigenvalue weighted by atomic mass is 17.0. The third-order valence-corrected chi connectivity index (χ3v) is 15.7. The van der Waals surface area contributed by atoms with Gasteiger partial charge in [-0.1, -0.05) is 81.8 Å². The molecule has 66 heavy (non-hydrogen) atoms. The molecule has 0 saturated heterocycles. The number of allylic oxidation sites excluding steroid dienone is 2. The molecule has 0 amide bonds. The Morgan fingerprint density at radius 1 is 0.833 bits per heavy atom. The van der Waals surface area contributed by atoms with Gasteiger partial charge in [-0.05, 0) is 134 Å². The second-order valence-electron chi connectivity index (χ2n) is 19.9. The van der Waals surface area contributed by atoms with Crippen LogP contribution in [0.1, 0.15) is 124 Å². The molecule has 1 N–H and O–H groups in total. The number of nitrogens with zero attached hydrogens (tertiary/aromatic N) is 1. The first kappa shape index (κ1) is 50.2. The van der Waals surface area contributed by atoms with Crippen molar-refractivity contribution in [1.29, 1.82) is 0 Å². The topological polar surface area (TPSA) is 187 Å². The van der Waals surface area contributed by atoms with Crippen LogP contribution in [0.15, 0.2) is 77.4 Å². The van der Waals surface area contributed by atoms with Crippen LogP contribution in [0.5, 0.6) is 5.75 Å². The number of fused-ring (bicyclic) bond motifs is 5. The van der Waals surface area contributed by atoms with Crippen LogP contribution in [-0.4, -0.2) is 72.2 Å². The lowest BCUT2D eigenvalue weighted by atomic mass is 9.36. The summed E-state index contributed by atoms with van der Waals surface area (Å²) < 4.78 is 29.1. The molecule has 0 spiro atoms. The Bertz CT molecular complexity index is 2110. The van der Waals surface area contributed by atoms with Crippen LogP contribution in [0.3, 0.4) is 0 Å². The standard InChI is InChI=1S/C52H69NO13/c1-33(2)12-11-15-39(49(58)63-32-37-13-9-8-10-14-37)47-41-30-42(55)48-50(5)25-23-43(34(3)40(50)22-26-51(48,6)52(41,7)31-44(47)65-35(4)54)66-46(57)21-20-45(56)62-27-24-36-16-18-38(19-17-36)61-28-29-64-53(59)60/h8-10,12-14,16-19,34,40-44,48,55H,11,15,20-32H2,1-7H3/b47-39-/t34-,40?,41?,42+,43+,44-,48?,50-,51-,52-/m0/s1. The Labute approximate surface area is 388 Å². The summed E-state index contributed by atoms with van der Waals surface area (Å²) in [6.07, 6.45) is 5.80. The van der Waals surface area contributed by atoms with Gasteiger partial charge in [0.15, 0.2) is 0 Å². The minimum Gasteiger partial charge on any atom is -0.492 e. The fraction of sp³-hybridized carbons (Fsp3) is 0.615. The molecule has 2 aromatic carbocycles. The molecule has 0 bridgehead atoms. The number of benzene rings is 2. The summed E-state index contributed by atoms with van der Waals surface area (Å²) in [4.78, 5) is 67.4. The van der Waals surface area contributed by atoms with Gasteiger partial charge in [-0.15, -0.1) is 10.1 Å². The van der Waals surface area contributed by atoms with E-state index in [4.69, 9.17) is 23.7 Å². The maximum Gasteiger partial charge on any atom is 0.334 e. The molecule has 2 aromatic rings. The Kier molecular flexibility index (Phi) is 16.4. The summed E-state index contributed by atoms with van der Waals surface area (Å²) in [5, 5.41) is 21.9. The number of aliphatic hydroxyl groups is 1. The summed E-state index contributed by atoms with van der Waals surface area (Å²) in [7, 11) is 0. The fourth-order valence-corrected chi connectivity index (χ4v) is 12.6. The maximum atomic E-state index is 14.3. The highest BCUT2D eigenvalue weighted by Gasteiger charge is 2.71. The van der Waals surface area contributed by atoms with Gasteiger partial charge in [-0.25, -0.2) is 4.79 Å². The zero-order valence-corrected chi connectivity index (χ0v) is 39.7. The van der Waals surface area contributed by atoms with Crippen LogP contribution >= 0.6 is 0 Å². The highest BCUT2D eigenvalue weighted by Crippen LogP contribution is 2.74. The van der Waals surface area contributed by atoms with E-state index in [1.807, 2.05) is 56.3 Å². The highest BCUT2D eigenvalue weighted by molar-refractivity contribution is 5.90. The number of hydrogen-bond donors (Lipinski definition) is 1. The zero-order chi connectivity index (χ0) is 47.8. The van der Waals surface area contributed by atoms with Gasteiger partial charge >= 0.3 is 23.9 Å². The molecule has 4 aliphatic rings. The van der Waals surface area contributed by atoms with Crippen molar-refractivity contribution in [3.8, 4) is 5.75 Å². The first-order chi connectivity index (χ1) is 31.4. The third-order valence-electron chi connectivity index (χ3n) is 15.7. The first-order valence-electron chi connectivity index (χ1n) is 23.6. The average Bonchev–Trinajstić information content (AvgIpc) is 3.54. The van der Waals surface area contributed by atoms with E-state index in [0.29, 0.717) is 49.8 Å². The van der Waals surface area contributed by atoms with Gasteiger partial charge in [0.25, 0.3) is 5.09 Å². The summed E-state index contributed by atoms with van der Waals surface area (Å²) in [6.45, 7) is 14.6. The molecule has 14 nitrogen and oxygen atoms in total. The molecule has 4 fully saturated rings. The van der Waals surface area contributed by atoms with Crippen molar-refractivity contribution in [3.63, 3.8) is 0 Å². The fourth-order valence-electron chi connectivity index (χ4n) is 12.6. The summed E-state index contributed by atoms with van der Waals surface area (Å²) in [6, 6.07) is 16.6. The SMILES string of the molecule is CC(=O)O[C@H]1C[C@@]2(C)C(C[C@@H](O)C3[C@@]4(C)CC[C@@H](OC(=O)CCC(=O)OCCc5ccc(OCCO[N+](=O)[O-])cc5)[C@@H](C)C4CC[C@@]32C)/C1=C(\CCC=C(C)C)C(=O)OCc1ccccc1. The molecule has 3 unspecified atom stereocenters. The minimum atomic E-state index is -0.873. The van der Waals surface area contributed by atoms with Crippen LogP contribution < -0.4 is 4.74 Å². The van der Waals surface area contributed by atoms with Crippen LogP contribution in [0, 0.1) is 50.0 Å². The largest absolute Gasteiger partial charge is 0.492 e. The molecule has 10 atom stereocenters. The van der Waals surface area contributed by atoms with Gasteiger partial charge in [0.05, 0.1) is 25.6 Å². The Balaban J connectivity index is 1.09. The monoisotopic (exact) mass is 915 g/mol. The lowest BCUT2D eigenvalue weighted by Crippen LogP contribution is -2.65. The lowest BCUT2D eigenvalue weighted by Gasteiger charge is -2.69. The Hall–Kier alpha value is -5.24. The molecule has 0 heterocycles. The van der Waals surface area contributed by atoms with E-state index in [1.54, 1.807) is 12.1 Å². The van der Waals surface area contributed by atoms with Crippen molar-refractivity contribution < 1.29 is 57.9 Å². The smallest absolute Gasteiger partial charge is 0.334 e. The van der Waals surface area contributed by atoms with Crippen molar-refractivity contribution >= 4 is 23.9 Å². The number of carbonyl (C=O) groups excluding carboxylic acids is 4. The van der Waals surface area contributed by atoms with Gasteiger partial charge in [0, 0.05) is 18.9 Å². The number of aliphatic hydroxyl groups excluding tert-OH is 1. The van der Waals surface area contributed by atoms with Gasteiger partial charge < -0.3 is 33.6 Å². The molecule has 0 aromatic heterocycles. The van der Waals surface area contributed by atoms with E-state index in [2.05, 4.69) is 38.6 Å². The average molecular weight is 916 g/mol. The van der Waals surface area contributed by atoms with Crippen LogP contribution in [0.25, 0.3) is 0 Å². The second-order valence-corrected chi connectivity index (χ2v) is 19.9. The number of rotatable bonds is 19. The summed E-state index contributed by atoms with van der Waals surface area (Å²) in [5.41, 5.74) is 3.19. The zero-order valence-electron chi connectivity index (χ0n) is 39.7. The van der Waals surface area contributed by atoms with Gasteiger partial charge in [-0.3, -0.25) is 14.4 Å². The summed E-state index contributed by atoms with van der Waals surface area (Å²) in [5.74, 6) is -1.35.